The van der Waals surface area contributed by atoms with E-state index in [4.69, 9.17) is 9.73 Å². The Morgan fingerprint density at radius 3 is 2.60 bits per heavy atom. The second kappa shape index (κ2) is 11.5. The van der Waals surface area contributed by atoms with Gasteiger partial charge in [-0.15, -0.1) is 10.2 Å². The SMILES string of the molecule is CCNC(=NCC(c1ccc(OC)cc1)N1CCCC1)NCCn1cnnc1CC. The number of hydrogen-bond acceptors (Lipinski definition) is 5. The Balaban J connectivity index is 1.65. The predicted octanol–water partition coefficient (Wildman–Crippen LogP) is 2.24. The fourth-order valence-corrected chi connectivity index (χ4v) is 3.86. The Kier molecular flexibility index (Phi) is 8.50. The minimum atomic E-state index is 0.276. The Bertz CT molecular complexity index is 781. The lowest BCUT2D eigenvalue weighted by atomic mass is 10.1. The lowest BCUT2D eigenvalue weighted by Crippen LogP contribution is -2.39. The van der Waals surface area contributed by atoms with Crippen LogP contribution >= 0.6 is 0 Å². The first kappa shape index (κ1) is 22.1. The number of methoxy groups -OCH3 is 1. The van der Waals surface area contributed by atoms with E-state index in [0.717, 1.165) is 56.7 Å². The van der Waals surface area contributed by atoms with Crippen molar-refractivity contribution in [2.75, 3.05) is 39.8 Å². The summed E-state index contributed by atoms with van der Waals surface area (Å²) in [6.45, 7) is 9.57. The minimum Gasteiger partial charge on any atom is -0.497 e. The molecule has 0 spiro atoms. The third-order valence-corrected chi connectivity index (χ3v) is 5.51. The van der Waals surface area contributed by atoms with E-state index in [1.165, 1.54) is 18.4 Å². The van der Waals surface area contributed by atoms with Gasteiger partial charge >= 0.3 is 0 Å². The van der Waals surface area contributed by atoms with Crippen LogP contribution in [0.2, 0.25) is 0 Å². The summed E-state index contributed by atoms with van der Waals surface area (Å²) in [7, 11) is 1.70. The first-order chi connectivity index (χ1) is 14.7. The van der Waals surface area contributed by atoms with Gasteiger partial charge < -0.3 is 19.9 Å². The summed E-state index contributed by atoms with van der Waals surface area (Å²) in [4.78, 5) is 7.46. The highest BCUT2D eigenvalue weighted by Gasteiger charge is 2.23. The van der Waals surface area contributed by atoms with E-state index in [-0.39, 0.29) is 6.04 Å². The molecule has 1 aliphatic rings. The van der Waals surface area contributed by atoms with Crippen molar-refractivity contribution in [3.63, 3.8) is 0 Å². The summed E-state index contributed by atoms with van der Waals surface area (Å²) in [5.41, 5.74) is 1.29. The molecule has 2 N–H and O–H groups in total. The zero-order chi connectivity index (χ0) is 21.2. The van der Waals surface area contributed by atoms with Gasteiger partial charge in [-0.05, 0) is 50.6 Å². The number of aromatic nitrogens is 3. The van der Waals surface area contributed by atoms with Gasteiger partial charge in [0.1, 0.15) is 17.9 Å². The summed E-state index contributed by atoms with van der Waals surface area (Å²) in [6, 6.07) is 8.68. The van der Waals surface area contributed by atoms with Gasteiger partial charge in [0, 0.05) is 26.1 Å². The molecule has 1 aliphatic heterocycles. The first-order valence-electron chi connectivity index (χ1n) is 11.0. The molecule has 0 amide bonds. The number of nitrogens with one attached hydrogen (secondary N) is 2. The van der Waals surface area contributed by atoms with Gasteiger partial charge in [0.2, 0.25) is 0 Å². The molecule has 0 bridgehead atoms. The van der Waals surface area contributed by atoms with Crippen molar-refractivity contribution in [1.29, 1.82) is 0 Å². The first-order valence-corrected chi connectivity index (χ1v) is 11.0. The Labute approximate surface area is 179 Å². The molecule has 8 heteroatoms. The van der Waals surface area contributed by atoms with E-state index in [1.54, 1.807) is 13.4 Å². The Morgan fingerprint density at radius 1 is 1.17 bits per heavy atom. The molecule has 1 aromatic heterocycles. The monoisotopic (exact) mass is 413 g/mol. The van der Waals surface area contributed by atoms with Crippen molar-refractivity contribution in [3.05, 3.63) is 42.0 Å². The van der Waals surface area contributed by atoms with Crippen molar-refractivity contribution < 1.29 is 4.74 Å². The number of ether oxygens (including phenoxy) is 1. The van der Waals surface area contributed by atoms with Gasteiger partial charge in [0.15, 0.2) is 5.96 Å². The highest BCUT2D eigenvalue weighted by Crippen LogP contribution is 2.27. The van der Waals surface area contributed by atoms with Gasteiger partial charge in [-0.25, -0.2) is 0 Å². The second-order valence-electron chi connectivity index (χ2n) is 7.47. The largest absolute Gasteiger partial charge is 0.497 e. The quantitative estimate of drug-likeness (QED) is 0.459. The number of aryl methyl sites for hydroxylation is 1. The molecule has 0 saturated carbocycles. The fraction of sp³-hybridized carbons (Fsp3) is 0.591. The van der Waals surface area contributed by atoms with Crippen LogP contribution in [-0.2, 0) is 13.0 Å². The third kappa shape index (κ3) is 5.95. The molecular weight excluding hydrogens is 378 g/mol. The van der Waals surface area contributed by atoms with Crippen LogP contribution in [-0.4, -0.2) is 65.5 Å². The second-order valence-corrected chi connectivity index (χ2v) is 7.47. The van der Waals surface area contributed by atoms with E-state index in [1.807, 2.05) is 12.1 Å². The van der Waals surface area contributed by atoms with Crippen molar-refractivity contribution in [1.82, 2.24) is 30.3 Å². The molecule has 3 rings (SSSR count). The average Bonchev–Trinajstić information content (AvgIpc) is 3.46. The van der Waals surface area contributed by atoms with Crippen LogP contribution in [0.3, 0.4) is 0 Å². The van der Waals surface area contributed by atoms with Crippen LogP contribution in [0.25, 0.3) is 0 Å². The lowest BCUT2D eigenvalue weighted by Gasteiger charge is -2.27. The van der Waals surface area contributed by atoms with E-state index < -0.39 is 0 Å². The lowest BCUT2D eigenvalue weighted by molar-refractivity contribution is 0.251. The van der Waals surface area contributed by atoms with Gasteiger partial charge in [0.25, 0.3) is 0 Å². The van der Waals surface area contributed by atoms with E-state index in [9.17, 15) is 0 Å². The maximum Gasteiger partial charge on any atom is 0.191 e. The van der Waals surface area contributed by atoms with Crippen molar-refractivity contribution in [2.45, 2.75) is 45.7 Å². The van der Waals surface area contributed by atoms with Crippen LogP contribution in [0.5, 0.6) is 5.75 Å². The topological polar surface area (TPSA) is 79.6 Å². The van der Waals surface area contributed by atoms with Gasteiger partial charge in [-0.3, -0.25) is 9.89 Å². The molecule has 1 atom stereocenters. The molecule has 2 heterocycles. The maximum atomic E-state index is 5.32. The standard InChI is InChI=1S/C22H35N7O/c1-4-21-27-26-17-29(21)15-12-24-22(23-5-2)25-16-20(28-13-6-7-14-28)18-8-10-19(30-3)11-9-18/h8-11,17,20H,4-7,12-16H2,1-3H3,(H2,23,24,25). The molecule has 1 aromatic carbocycles. The highest BCUT2D eigenvalue weighted by molar-refractivity contribution is 5.79. The predicted molar refractivity (Wildman–Crippen MR) is 120 cm³/mol. The summed E-state index contributed by atoms with van der Waals surface area (Å²) in [5, 5.41) is 15.0. The summed E-state index contributed by atoms with van der Waals surface area (Å²) >= 11 is 0. The molecule has 1 saturated heterocycles. The molecule has 2 aromatic rings. The van der Waals surface area contributed by atoms with Gasteiger partial charge in [0.05, 0.1) is 19.7 Å². The van der Waals surface area contributed by atoms with Crippen LogP contribution in [0.15, 0.2) is 35.6 Å². The molecule has 8 nitrogen and oxygen atoms in total. The van der Waals surface area contributed by atoms with E-state index in [2.05, 4.69) is 56.3 Å². The normalized spacial score (nSPS) is 15.9. The zero-order valence-electron chi connectivity index (χ0n) is 18.5. The number of hydrogen-bond donors (Lipinski definition) is 2. The number of benzene rings is 1. The Morgan fingerprint density at radius 2 is 1.93 bits per heavy atom. The van der Waals surface area contributed by atoms with E-state index in [0.29, 0.717) is 6.54 Å². The number of guanidine groups is 1. The van der Waals surface area contributed by atoms with Crippen molar-refractivity contribution in [3.8, 4) is 5.75 Å². The number of aliphatic imine (C=N–C) groups is 1. The number of nitrogens with zero attached hydrogens (tertiary/aromatic N) is 5. The minimum absolute atomic E-state index is 0.276. The molecule has 0 radical (unpaired) electrons. The highest BCUT2D eigenvalue weighted by atomic mass is 16.5. The summed E-state index contributed by atoms with van der Waals surface area (Å²) in [5.74, 6) is 2.74. The van der Waals surface area contributed by atoms with Crippen LogP contribution in [0.4, 0.5) is 0 Å². The van der Waals surface area contributed by atoms with Crippen LogP contribution < -0.4 is 15.4 Å². The summed E-state index contributed by atoms with van der Waals surface area (Å²) in [6.07, 6.45) is 5.19. The molecule has 1 fully saturated rings. The van der Waals surface area contributed by atoms with E-state index >= 15 is 0 Å². The Hall–Kier alpha value is -2.61. The van der Waals surface area contributed by atoms with Gasteiger partial charge in [-0.1, -0.05) is 19.1 Å². The van der Waals surface area contributed by atoms with Gasteiger partial charge in [-0.2, -0.15) is 0 Å². The summed E-state index contributed by atoms with van der Waals surface area (Å²) < 4.78 is 7.41. The molecule has 0 aliphatic carbocycles. The maximum absolute atomic E-state index is 5.32. The average molecular weight is 414 g/mol. The molecule has 1 unspecified atom stereocenters. The fourth-order valence-electron chi connectivity index (χ4n) is 3.86. The van der Waals surface area contributed by atoms with Crippen molar-refractivity contribution >= 4 is 5.96 Å². The number of rotatable bonds is 10. The number of likely N-dealkylation sites (tertiary alicyclic amines) is 1. The molecular formula is C22H35N7O. The molecule has 30 heavy (non-hydrogen) atoms. The third-order valence-electron chi connectivity index (χ3n) is 5.51. The van der Waals surface area contributed by atoms with Crippen LogP contribution in [0, 0.1) is 0 Å². The smallest absolute Gasteiger partial charge is 0.191 e. The van der Waals surface area contributed by atoms with Crippen molar-refractivity contribution in [2.24, 2.45) is 4.99 Å². The van der Waals surface area contributed by atoms with Crippen LogP contribution in [0.1, 0.15) is 44.1 Å². The molecule has 164 valence electrons. The zero-order valence-corrected chi connectivity index (χ0v) is 18.5.